The fourth-order valence-corrected chi connectivity index (χ4v) is 2.72. The molecule has 0 amide bonds. The lowest BCUT2D eigenvalue weighted by Gasteiger charge is -2.16. The summed E-state index contributed by atoms with van der Waals surface area (Å²) in [5.74, 6) is 0. The maximum absolute atomic E-state index is 6.41. The lowest BCUT2D eigenvalue weighted by atomic mass is 9.93. The van der Waals surface area contributed by atoms with Gasteiger partial charge in [-0.3, -0.25) is 9.97 Å². The minimum absolute atomic E-state index is 0.0313. The quantitative estimate of drug-likeness (QED) is 0.797. The Morgan fingerprint density at radius 1 is 0.952 bits per heavy atom. The first-order chi connectivity index (χ1) is 10.1. The van der Waals surface area contributed by atoms with Crippen molar-refractivity contribution in [1.82, 2.24) is 9.97 Å². The minimum atomic E-state index is -0.0313. The van der Waals surface area contributed by atoms with Crippen LogP contribution in [0.2, 0.25) is 0 Å². The lowest BCUT2D eigenvalue weighted by Crippen LogP contribution is -2.14. The molecule has 106 valence electrons. The number of rotatable bonds is 3. The number of aryl methyl sites for hydroxylation is 2. The summed E-state index contributed by atoms with van der Waals surface area (Å²) in [5, 5.41) is 0. The van der Waals surface area contributed by atoms with Crippen molar-refractivity contribution in [2.45, 2.75) is 26.3 Å². The van der Waals surface area contributed by atoms with Crippen molar-refractivity contribution >= 4 is 11.0 Å². The molecule has 2 N–H and O–H groups in total. The van der Waals surface area contributed by atoms with Gasteiger partial charge in [0, 0.05) is 18.4 Å². The SMILES string of the molecule is Cc1cccc(C)c1CC(N)c1ccc2nccnc2c1. The summed E-state index contributed by atoms with van der Waals surface area (Å²) in [5.41, 5.74) is 13.2. The van der Waals surface area contributed by atoms with Gasteiger partial charge in [-0.15, -0.1) is 0 Å². The molecule has 0 saturated heterocycles. The number of aromatic nitrogens is 2. The zero-order chi connectivity index (χ0) is 14.8. The van der Waals surface area contributed by atoms with E-state index in [1.807, 2.05) is 12.1 Å². The largest absolute Gasteiger partial charge is 0.324 e. The molecule has 21 heavy (non-hydrogen) atoms. The van der Waals surface area contributed by atoms with Crippen LogP contribution >= 0.6 is 0 Å². The molecule has 1 aromatic heterocycles. The molecule has 1 atom stereocenters. The highest BCUT2D eigenvalue weighted by Gasteiger charge is 2.11. The summed E-state index contributed by atoms with van der Waals surface area (Å²) < 4.78 is 0. The Kier molecular flexibility index (Phi) is 3.67. The Hall–Kier alpha value is -2.26. The third kappa shape index (κ3) is 2.78. The average Bonchev–Trinajstić information content (AvgIpc) is 2.50. The molecule has 0 radical (unpaired) electrons. The minimum Gasteiger partial charge on any atom is -0.324 e. The van der Waals surface area contributed by atoms with Gasteiger partial charge < -0.3 is 5.73 Å². The fraction of sp³-hybridized carbons (Fsp3) is 0.222. The Morgan fingerprint density at radius 2 is 1.62 bits per heavy atom. The van der Waals surface area contributed by atoms with Gasteiger partial charge in [0.1, 0.15) is 0 Å². The fourth-order valence-electron chi connectivity index (χ4n) is 2.72. The molecular weight excluding hydrogens is 258 g/mol. The standard InChI is InChI=1S/C18H19N3/c1-12-4-3-5-13(2)15(12)11-16(19)14-6-7-17-18(10-14)21-9-8-20-17/h3-10,16H,11,19H2,1-2H3. The van der Waals surface area contributed by atoms with Crippen LogP contribution in [0.1, 0.15) is 28.3 Å². The first kappa shape index (κ1) is 13.7. The topological polar surface area (TPSA) is 51.8 Å². The van der Waals surface area contributed by atoms with Gasteiger partial charge >= 0.3 is 0 Å². The number of benzene rings is 2. The molecule has 3 rings (SSSR count). The normalized spacial score (nSPS) is 12.5. The molecule has 3 heteroatoms. The highest BCUT2D eigenvalue weighted by atomic mass is 14.8. The molecule has 3 nitrogen and oxygen atoms in total. The second-order valence-corrected chi connectivity index (χ2v) is 5.49. The van der Waals surface area contributed by atoms with E-state index in [0.717, 1.165) is 23.0 Å². The molecule has 2 aromatic carbocycles. The van der Waals surface area contributed by atoms with Crippen molar-refractivity contribution in [3.05, 3.63) is 71.0 Å². The van der Waals surface area contributed by atoms with Crippen LogP contribution < -0.4 is 5.73 Å². The van der Waals surface area contributed by atoms with Crippen LogP contribution in [-0.4, -0.2) is 9.97 Å². The second kappa shape index (κ2) is 5.62. The molecule has 0 aliphatic rings. The summed E-state index contributed by atoms with van der Waals surface area (Å²) in [6.45, 7) is 4.28. The Labute approximate surface area is 124 Å². The number of nitrogens with two attached hydrogens (primary N) is 1. The summed E-state index contributed by atoms with van der Waals surface area (Å²) >= 11 is 0. The zero-order valence-corrected chi connectivity index (χ0v) is 12.4. The average molecular weight is 277 g/mol. The molecule has 0 bridgehead atoms. The van der Waals surface area contributed by atoms with Crippen LogP contribution in [-0.2, 0) is 6.42 Å². The highest BCUT2D eigenvalue weighted by Crippen LogP contribution is 2.23. The summed E-state index contributed by atoms with van der Waals surface area (Å²) in [6, 6.07) is 12.4. The third-order valence-electron chi connectivity index (χ3n) is 3.99. The van der Waals surface area contributed by atoms with E-state index >= 15 is 0 Å². The number of fused-ring (bicyclic) bond motifs is 1. The van der Waals surface area contributed by atoms with Crippen molar-refractivity contribution < 1.29 is 0 Å². The van der Waals surface area contributed by atoms with Gasteiger partial charge in [-0.1, -0.05) is 24.3 Å². The van der Waals surface area contributed by atoms with E-state index in [0.29, 0.717) is 0 Å². The Morgan fingerprint density at radius 3 is 2.33 bits per heavy atom. The van der Waals surface area contributed by atoms with Crippen molar-refractivity contribution in [3.8, 4) is 0 Å². The zero-order valence-electron chi connectivity index (χ0n) is 12.4. The van der Waals surface area contributed by atoms with Gasteiger partial charge in [-0.05, 0) is 54.7 Å². The molecule has 0 aliphatic heterocycles. The van der Waals surface area contributed by atoms with E-state index in [2.05, 4.69) is 48.1 Å². The molecule has 3 aromatic rings. The first-order valence-electron chi connectivity index (χ1n) is 7.16. The molecule has 0 spiro atoms. The summed E-state index contributed by atoms with van der Waals surface area (Å²) in [7, 11) is 0. The maximum atomic E-state index is 6.41. The van der Waals surface area contributed by atoms with Crippen LogP contribution in [0, 0.1) is 13.8 Å². The van der Waals surface area contributed by atoms with Gasteiger partial charge in [0.2, 0.25) is 0 Å². The predicted molar refractivity (Wildman–Crippen MR) is 86.1 cm³/mol. The number of hydrogen-bond acceptors (Lipinski definition) is 3. The summed E-state index contributed by atoms with van der Waals surface area (Å²) in [6.07, 6.45) is 4.26. The maximum Gasteiger partial charge on any atom is 0.0890 e. The van der Waals surface area contributed by atoms with Crippen molar-refractivity contribution in [2.75, 3.05) is 0 Å². The third-order valence-corrected chi connectivity index (χ3v) is 3.99. The first-order valence-corrected chi connectivity index (χ1v) is 7.16. The number of hydrogen-bond donors (Lipinski definition) is 1. The molecule has 1 unspecified atom stereocenters. The molecule has 0 fully saturated rings. The van der Waals surface area contributed by atoms with Crippen LogP contribution in [0.4, 0.5) is 0 Å². The Bertz CT molecular complexity index is 760. The van der Waals surface area contributed by atoms with E-state index in [1.54, 1.807) is 12.4 Å². The van der Waals surface area contributed by atoms with Crippen LogP contribution in [0.3, 0.4) is 0 Å². The van der Waals surface area contributed by atoms with E-state index in [9.17, 15) is 0 Å². The monoisotopic (exact) mass is 277 g/mol. The van der Waals surface area contributed by atoms with Crippen LogP contribution in [0.15, 0.2) is 48.8 Å². The van der Waals surface area contributed by atoms with Gasteiger partial charge in [0.05, 0.1) is 11.0 Å². The van der Waals surface area contributed by atoms with Crippen molar-refractivity contribution in [1.29, 1.82) is 0 Å². The molecule has 0 saturated carbocycles. The lowest BCUT2D eigenvalue weighted by molar-refractivity contribution is 0.716. The van der Waals surface area contributed by atoms with Gasteiger partial charge in [-0.2, -0.15) is 0 Å². The van der Waals surface area contributed by atoms with Crippen LogP contribution in [0.25, 0.3) is 11.0 Å². The van der Waals surface area contributed by atoms with Crippen molar-refractivity contribution in [3.63, 3.8) is 0 Å². The molecular formula is C18H19N3. The van der Waals surface area contributed by atoms with E-state index in [1.165, 1.54) is 16.7 Å². The van der Waals surface area contributed by atoms with Gasteiger partial charge in [-0.25, -0.2) is 0 Å². The molecule has 0 aliphatic carbocycles. The van der Waals surface area contributed by atoms with E-state index < -0.39 is 0 Å². The molecule has 1 heterocycles. The highest BCUT2D eigenvalue weighted by molar-refractivity contribution is 5.74. The van der Waals surface area contributed by atoms with Gasteiger partial charge in [0.15, 0.2) is 0 Å². The smallest absolute Gasteiger partial charge is 0.0890 e. The second-order valence-electron chi connectivity index (χ2n) is 5.49. The van der Waals surface area contributed by atoms with Crippen molar-refractivity contribution in [2.24, 2.45) is 5.73 Å². The van der Waals surface area contributed by atoms with Gasteiger partial charge in [0.25, 0.3) is 0 Å². The Balaban J connectivity index is 1.91. The van der Waals surface area contributed by atoms with Crippen LogP contribution in [0.5, 0.6) is 0 Å². The van der Waals surface area contributed by atoms with E-state index in [4.69, 9.17) is 5.73 Å². The summed E-state index contributed by atoms with van der Waals surface area (Å²) in [4.78, 5) is 8.64. The number of nitrogens with zero attached hydrogens (tertiary/aromatic N) is 2. The van der Waals surface area contributed by atoms with E-state index in [-0.39, 0.29) is 6.04 Å². The predicted octanol–water partition coefficient (Wildman–Crippen LogP) is 3.49.